The zero-order chi connectivity index (χ0) is 17.6. The standard InChI is InChI=1S/C19H29N3O3/c1-15(22-10-8-21(9-11-22)12-14-24-2)19(23)20-17-7-13-25-18-6-4-3-5-16(17)18/h3-6,15,17H,7-14H2,1-2H3,(H,20,23)/t15-,17-/m0/s1. The van der Waals surface area contributed by atoms with Gasteiger partial charge in [-0.05, 0) is 13.0 Å². The summed E-state index contributed by atoms with van der Waals surface area (Å²) in [5.41, 5.74) is 1.08. The molecule has 2 atom stereocenters. The maximum Gasteiger partial charge on any atom is 0.237 e. The number of para-hydroxylation sites is 1. The van der Waals surface area contributed by atoms with Crippen molar-refractivity contribution in [2.75, 3.05) is 53.0 Å². The highest BCUT2D eigenvalue weighted by Crippen LogP contribution is 2.31. The molecule has 6 heteroatoms. The number of methoxy groups -OCH3 is 1. The first-order valence-electron chi connectivity index (χ1n) is 9.16. The molecule has 0 unspecified atom stereocenters. The van der Waals surface area contributed by atoms with Crippen molar-refractivity contribution >= 4 is 5.91 Å². The van der Waals surface area contributed by atoms with Crippen LogP contribution in [-0.2, 0) is 9.53 Å². The number of carbonyl (C=O) groups excluding carboxylic acids is 1. The Bertz CT molecular complexity index is 573. The number of hydrogen-bond acceptors (Lipinski definition) is 5. The van der Waals surface area contributed by atoms with Crippen LogP contribution in [0.3, 0.4) is 0 Å². The van der Waals surface area contributed by atoms with Crippen LogP contribution in [0.2, 0.25) is 0 Å². The SMILES string of the molecule is COCCN1CCN([C@@H](C)C(=O)N[C@H]2CCOc3ccccc32)CC1. The fourth-order valence-electron chi connectivity index (χ4n) is 3.54. The van der Waals surface area contributed by atoms with Gasteiger partial charge in [0.1, 0.15) is 5.75 Å². The summed E-state index contributed by atoms with van der Waals surface area (Å²) < 4.78 is 10.8. The van der Waals surface area contributed by atoms with E-state index in [0.29, 0.717) is 6.61 Å². The van der Waals surface area contributed by atoms with E-state index in [4.69, 9.17) is 9.47 Å². The van der Waals surface area contributed by atoms with Crippen molar-refractivity contribution < 1.29 is 14.3 Å². The fourth-order valence-corrected chi connectivity index (χ4v) is 3.54. The Morgan fingerprint density at radius 1 is 1.32 bits per heavy atom. The van der Waals surface area contributed by atoms with Crippen molar-refractivity contribution in [1.29, 1.82) is 0 Å². The van der Waals surface area contributed by atoms with E-state index in [1.54, 1.807) is 7.11 Å². The van der Waals surface area contributed by atoms with Gasteiger partial charge in [0.15, 0.2) is 0 Å². The van der Waals surface area contributed by atoms with Crippen LogP contribution in [0.1, 0.15) is 24.9 Å². The van der Waals surface area contributed by atoms with Gasteiger partial charge in [-0.15, -0.1) is 0 Å². The molecule has 2 aliphatic rings. The minimum absolute atomic E-state index is 0.0443. The van der Waals surface area contributed by atoms with Crippen molar-refractivity contribution in [1.82, 2.24) is 15.1 Å². The molecule has 3 rings (SSSR count). The quantitative estimate of drug-likeness (QED) is 0.840. The van der Waals surface area contributed by atoms with Crippen molar-refractivity contribution in [2.45, 2.75) is 25.4 Å². The summed E-state index contributed by atoms with van der Waals surface area (Å²) in [6.45, 7) is 8.19. The molecule has 0 spiro atoms. The number of nitrogens with one attached hydrogen (secondary N) is 1. The van der Waals surface area contributed by atoms with Crippen LogP contribution in [0.25, 0.3) is 0 Å². The second-order valence-electron chi connectivity index (χ2n) is 6.78. The van der Waals surface area contributed by atoms with Gasteiger partial charge >= 0.3 is 0 Å². The van der Waals surface area contributed by atoms with Crippen LogP contribution in [-0.4, -0.2) is 74.8 Å². The molecule has 1 N–H and O–H groups in total. The summed E-state index contributed by atoms with van der Waals surface area (Å²) in [6, 6.07) is 7.90. The van der Waals surface area contributed by atoms with E-state index >= 15 is 0 Å². The van der Waals surface area contributed by atoms with Crippen molar-refractivity contribution in [3.8, 4) is 5.75 Å². The minimum atomic E-state index is -0.111. The maximum absolute atomic E-state index is 12.7. The molecular formula is C19H29N3O3. The zero-order valence-corrected chi connectivity index (χ0v) is 15.2. The third kappa shape index (κ3) is 4.51. The van der Waals surface area contributed by atoms with Gasteiger partial charge in [0.2, 0.25) is 5.91 Å². The zero-order valence-electron chi connectivity index (χ0n) is 15.2. The van der Waals surface area contributed by atoms with Gasteiger partial charge in [0, 0.05) is 51.8 Å². The fraction of sp³-hybridized carbons (Fsp3) is 0.632. The minimum Gasteiger partial charge on any atom is -0.493 e. The predicted octanol–water partition coefficient (Wildman–Crippen LogP) is 1.28. The molecule has 138 valence electrons. The van der Waals surface area contributed by atoms with Crippen molar-refractivity contribution in [2.24, 2.45) is 0 Å². The summed E-state index contributed by atoms with van der Waals surface area (Å²) in [6.07, 6.45) is 0.820. The lowest BCUT2D eigenvalue weighted by Crippen LogP contribution is -2.54. The number of hydrogen-bond donors (Lipinski definition) is 1. The Hall–Kier alpha value is -1.63. The van der Waals surface area contributed by atoms with E-state index in [-0.39, 0.29) is 18.0 Å². The Morgan fingerprint density at radius 2 is 2.08 bits per heavy atom. The smallest absolute Gasteiger partial charge is 0.237 e. The highest BCUT2D eigenvalue weighted by Gasteiger charge is 2.29. The summed E-state index contributed by atoms with van der Waals surface area (Å²) >= 11 is 0. The lowest BCUT2D eigenvalue weighted by molar-refractivity contribution is -0.127. The number of ether oxygens (including phenoxy) is 2. The van der Waals surface area contributed by atoms with Crippen LogP contribution < -0.4 is 10.1 Å². The summed E-state index contributed by atoms with van der Waals surface area (Å²) in [5, 5.41) is 3.22. The van der Waals surface area contributed by atoms with Crippen LogP contribution in [0.15, 0.2) is 24.3 Å². The van der Waals surface area contributed by atoms with E-state index in [9.17, 15) is 4.79 Å². The molecule has 0 aliphatic carbocycles. The second kappa shape index (κ2) is 8.65. The van der Waals surface area contributed by atoms with Crippen LogP contribution in [0, 0.1) is 0 Å². The van der Waals surface area contributed by atoms with Crippen LogP contribution >= 0.6 is 0 Å². The summed E-state index contributed by atoms with van der Waals surface area (Å²) in [4.78, 5) is 17.4. The van der Waals surface area contributed by atoms with Crippen molar-refractivity contribution in [3.63, 3.8) is 0 Å². The molecule has 1 amide bonds. The molecule has 25 heavy (non-hydrogen) atoms. The van der Waals surface area contributed by atoms with Gasteiger partial charge in [-0.25, -0.2) is 0 Å². The molecule has 1 aromatic carbocycles. The first-order chi connectivity index (χ1) is 12.2. The first kappa shape index (κ1) is 18.2. The number of nitrogens with zero attached hydrogens (tertiary/aromatic N) is 2. The molecule has 2 aliphatic heterocycles. The van der Waals surface area contributed by atoms with E-state index in [2.05, 4.69) is 15.1 Å². The average molecular weight is 347 g/mol. The first-order valence-corrected chi connectivity index (χ1v) is 9.16. The Kier molecular flexibility index (Phi) is 6.29. The number of carbonyl (C=O) groups is 1. The van der Waals surface area contributed by atoms with Gasteiger partial charge in [0.05, 0.1) is 25.3 Å². The molecule has 0 aromatic heterocycles. The van der Waals surface area contributed by atoms with E-state index < -0.39 is 0 Å². The molecule has 0 bridgehead atoms. The van der Waals surface area contributed by atoms with Gasteiger partial charge in [-0.1, -0.05) is 18.2 Å². The molecule has 0 saturated carbocycles. The van der Waals surface area contributed by atoms with E-state index in [1.165, 1.54) is 0 Å². The van der Waals surface area contributed by atoms with Gasteiger partial charge in [-0.2, -0.15) is 0 Å². The van der Waals surface area contributed by atoms with Gasteiger partial charge in [-0.3, -0.25) is 14.6 Å². The van der Waals surface area contributed by atoms with Gasteiger partial charge in [0.25, 0.3) is 0 Å². The maximum atomic E-state index is 12.7. The predicted molar refractivity (Wildman–Crippen MR) is 96.8 cm³/mol. The third-order valence-electron chi connectivity index (χ3n) is 5.22. The highest BCUT2D eigenvalue weighted by atomic mass is 16.5. The summed E-state index contributed by atoms with van der Waals surface area (Å²) in [5.74, 6) is 0.991. The lowest BCUT2D eigenvalue weighted by atomic mass is 10.00. The largest absolute Gasteiger partial charge is 0.493 e. The average Bonchev–Trinajstić information content (AvgIpc) is 2.66. The van der Waals surface area contributed by atoms with Crippen molar-refractivity contribution in [3.05, 3.63) is 29.8 Å². The van der Waals surface area contributed by atoms with E-state index in [0.717, 1.165) is 57.1 Å². The number of amides is 1. The molecule has 0 radical (unpaired) electrons. The topological polar surface area (TPSA) is 54.0 Å². The Balaban J connectivity index is 1.52. The Labute approximate surface area is 150 Å². The number of benzene rings is 1. The van der Waals surface area contributed by atoms with E-state index in [1.807, 2.05) is 31.2 Å². The normalized spacial score (nSPS) is 22.7. The highest BCUT2D eigenvalue weighted by molar-refractivity contribution is 5.82. The number of fused-ring (bicyclic) bond motifs is 1. The van der Waals surface area contributed by atoms with Gasteiger partial charge < -0.3 is 14.8 Å². The monoisotopic (exact) mass is 347 g/mol. The molecule has 1 fully saturated rings. The molecule has 6 nitrogen and oxygen atoms in total. The molecular weight excluding hydrogens is 318 g/mol. The molecule has 2 heterocycles. The second-order valence-corrected chi connectivity index (χ2v) is 6.78. The summed E-state index contributed by atoms with van der Waals surface area (Å²) in [7, 11) is 1.73. The molecule has 1 saturated heterocycles. The number of piperazine rings is 1. The Morgan fingerprint density at radius 3 is 2.84 bits per heavy atom. The molecule has 1 aromatic rings. The van der Waals surface area contributed by atoms with Crippen LogP contribution in [0.4, 0.5) is 0 Å². The lowest BCUT2D eigenvalue weighted by Gasteiger charge is -2.38. The van der Waals surface area contributed by atoms with Crippen LogP contribution in [0.5, 0.6) is 5.75 Å². The number of rotatable bonds is 6. The third-order valence-corrected chi connectivity index (χ3v) is 5.22.